The van der Waals surface area contributed by atoms with Crippen LogP contribution in [-0.2, 0) is 6.54 Å². The van der Waals surface area contributed by atoms with Crippen molar-refractivity contribution in [2.24, 2.45) is 0 Å². The molecule has 3 rings (SSSR count). The predicted octanol–water partition coefficient (Wildman–Crippen LogP) is 4.27. The average molecular weight is 476 g/mol. The second-order valence-electron chi connectivity index (χ2n) is 7.13. The van der Waals surface area contributed by atoms with Crippen LogP contribution in [0.25, 0.3) is 11.3 Å². The normalized spacial score (nSPS) is 11.3. The Morgan fingerprint density at radius 1 is 1.27 bits per heavy atom. The number of Topliss-reactive ketones (excluding diaryl/α,β-unsaturated/α-hetero) is 1. The molecule has 0 saturated heterocycles. The van der Waals surface area contributed by atoms with Gasteiger partial charge in [0, 0.05) is 22.5 Å². The highest BCUT2D eigenvalue weighted by Crippen LogP contribution is 2.26. The van der Waals surface area contributed by atoms with Crippen LogP contribution >= 0.6 is 11.8 Å². The van der Waals surface area contributed by atoms with E-state index in [0.29, 0.717) is 17.0 Å². The lowest BCUT2D eigenvalue weighted by Gasteiger charge is -2.12. The summed E-state index contributed by atoms with van der Waals surface area (Å²) in [6, 6.07) is 9.87. The maximum absolute atomic E-state index is 12.8. The molecular formula is C22H19F3N4O3S. The number of aryl methyl sites for hydroxylation is 1. The van der Waals surface area contributed by atoms with Crippen LogP contribution in [0.3, 0.4) is 0 Å². The van der Waals surface area contributed by atoms with E-state index in [0.717, 1.165) is 16.3 Å². The van der Waals surface area contributed by atoms with Crippen LogP contribution in [0.1, 0.15) is 27.3 Å². The third-order valence-corrected chi connectivity index (χ3v) is 5.80. The molecule has 0 radical (unpaired) electrons. The molecule has 0 saturated carbocycles. The second-order valence-corrected chi connectivity index (χ2v) is 8.10. The zero-order chi connectivity index (χ0) is 24.3. The Morgan fingerprint density at radius 2 is 1.94 bits per heavy atom. The number of carbonyl (C=O) groups excluding carboxylic acids is 1. The lowest BCUT2D eigenvalue weighted by atomic mass is 10.1. The molecule has 7 nitrogen and oxygen atoms in total. The second kappa shape index (κ2) is 9.54. The number of thioether (sulfide) groups is 1. The van der Waals surface area contributed by atoms with Gasteiger partial charge in [0.1, 0.15) is 23.9 Å². The molecule has 1 N–H and O–H groups in total. The first kappa shape index (κ1) is 24.1. The average Bonchev–Trinajstić information content (AvgIpc) is 3.04. The number of aromatic nitrogens is 3. The van der Waals surface area contributed by atoms with Crippen molar-refractivity contribution in [2.45, 2.75) is 31.7 Å². The maximum atomic E-state index is 12.8. The molecule has 0 unspecified atom stereocenters. The van der Waals surface area contributed by atoms with Crippen LogP contribution in [0.15, 0.2) is 40.3 Å². The monoisotopic (exact) mass is 476 g/mol. The number of nitrogens with one attached hydrogen (secondary N) is 1. The Bertz CT molecular complexity index is 1290. The van der Waals surface area contributed by atoms with E-state index < -0.39 is 24.1 Å². The highest BCUT2D eigenvalue weighted by molar-refractivity contribution is 7.99. The molecule has 33 heavy (non-hydrogen) atoms. The van der Waals surface area contributed by atoms with E-state index in [9.17, 15) is 28.0 Å². The Labute approximate surface area is 191 Å². The smallest absolute Gasteiger partial charge is 0.406 e. The van der Waals surface area contributed by atoms with Crippen molar-refractivity contribution in [2.75, 3.05) is 12.9 Å². The van der Waals surface area contributed by atoms with E-state index in [2.05, 4.69) is 9.97 Å². The molecule has 0 aliphatic carbocycles. The molecule has 0 aliphatic heterocycles. The van der Waals surface area contributed by atoms with Gasteiger partial charge in [0.2, 0.25) is 0 Å². The summed E-state index contributed by atoms with van der Waals surface area (Å²) in [6.45, 7) is 1.78. The van der Waals surface area contributed by atoms with Crippen molar-refractivity contribution in [1.29, 1.82) is 5.26 Å². The van der Waals surface area contributed by atoms with Gasteiger partial charge >= 0.3 is 6.18 Å². The molecule has 172 valence electrons. The number of nitrogens with zero attached hydrogens (tertiary/aromatic N) is 3. The highest BCUT2D eigenvalue weighted by atomic mass is 32.2. The largest absolute Gasteiger partial charge is 0.497 e. The molecule has 0 amide bonds. The molecule has 2 heterocycles. The fourth-order valence-electron chi connectivity index (χ4n) is 3.30. The minimum atomic E-state index is -4.41. The molecule has 11 heteroatoms. The fraction of sp³-hybridized carbons (Fsp3) is 0.273. The van der Waals surface area contributed by atoms with Crippen LogP contribution in [0.2, 0.25) is 0 Å². The number of hydrogen-bond acceptors (Lipinski definition) is 6. The van der Waals surface area contributed by atoms with E-state index in [4.69, 9.17) is 4.74 Å². The van der Waals surface area contributed by atoms with Crippen LogP contribution in [0.4, 0.5) is 13.2 Å². The minimum Gasteiger partial charge on any atom is -0.497 e. The summed E-state index contributed by atoms with van der Waals surface area (Å²) in [5.41, 5.74) is 0.559. The molecule has 0 fully saturated rings. The summed E-state index contributed by atoms with van der Waals surface area (Å²) >= 11 is 0.928. The number of rotatable bonds is 7. The van der Waals surface area contributed by atoms with E-state index in [-0.39, 0.29) is 33.4 Å². The first-order chi connectivity index (χ1) is 15.5. The van der Waals surface area contributed by atoms with Gasteiger partial charge in [-0.3, -0.25) is 9.59 Å². The standard InChI is InChI=1S/C22H19F3N4O3S/c1-12-8-16(13(2)29(12)11-22(23,24)25)18(30)10-33-21-27-19(17(9-26)20(31)28-21)14-4-6-15(32-3)7-5-14/h4-8H,10-11H2,1-3H3,(H,27,28,31). The van der Waals surface area contributed by atoms with Crippen molar-refractivity contribution in [3.63, 3.8) is 0 Å². The van der Waals surface area contributed by atoms with Gasteiger partial charge in [-0.2, -0.15) is 18.4 Å². The van der Waals surface area contributed by atoms with Crippen LogP contribution in [0, 0.1) is 25.2 Å². The summed E-state index contributed by atoms with van der Waals surface area (Å²) in [5.74, 6) is 0.0256. The summed E-state index contributed by atoms with van der Waals surface area (Å²) in [6.07, 6.45) is -4.41. The van der Waals surface area contributed by atoms with Gasteiger partial charge in [0.15, 0.2) is 10.9 Å². The zero-order valence-electron chi connectivity index (χ0n) is 17.9. The first-order valence-electron chi connectivity index (χ1n) is 9.62. The summed E-state index contributed by atoms with van der Waals surface area (Å²) in [5, 5.41) is 9.49. The molecule has 0 aliphatic rings. The number of methoxy groups -OCH3 is 1. The Morgan fingerprint density at radius 3 is 2.52 bits per heavy atom. The quantitative estimate of drug-likeness (QED) is 0.311. The minimum absolute atomic E-state index is 0.113. The topological polar surface area (TPSA) is 101 Å². The van der Waals surface area contributed by atoms with Crippen LogP contribution in [0.5, 0.6) is 5.75 Å². The van der Waals surface area contributed by atoms with Crippen molar-refractivity contribution in [3.8, 4) is 23.1 Å². The Balaban J connectivity index is 1.85. The number of aromatic amines is 1. The van der Waals surface area contributed by atoms with Crippen molar-refractivity contribution >= 4 is 17.5 Å². The number of benzene rings is 1. The van der Waals surface area contributed by atoms with Crippen molar-refractivity contribution < 1.29 is 22.7 Å². The Kier molecular flexibility index (Phi) is 6.98. The number of H-pyrrole nitrogens is 1. The molecule has 2 aromatic heterocycles. The number of hydrogen-bond donors (Lipinski definition) is 1. The van der Waals surface area contributed by atoms with E-state index in [1.165, 1.54) is 27.0 Å². The van der Waals surface area contributed by atoms with Gasteiger partial charge in [0.25, 0.3) is 5.56 Å². The molecule has 1 aromatic carbocycles. The van der Waals surface area contributed by atoms with E-state index in [1.54, 1.807) is 24.3 Å². The number of ketones is 1. The number of carbonyl (C=O) groups is 1. The number of alkyl halides is 3. The van der Waals surface area contributed by atoms with Gasteiger partial charge in [0.05, 0.1) is 18.6 Å². The van der Waals surface area contributed by atoms with E-state index >= 15 is 0 Å². The lowest BCUT2D eigenvalue weighted by molar-refractivity contribution is -0.141. The van der Waals surface area contributed by atoms with Gasteiger partial charge in [-0.1, -0.05) is 11.8 Å². The van der Waals surface area contributed by atoms with E-state index in [1.807, 2.05) is 6.07 Å². The number of ether oxygens (including phenoxy) is 1. The number of nitriles is 1. The molecular weight excluding hydrogens is 457 g/mol. The summed E-state index contributed by atoms with van der Waals surface area (Å²) in [4.78, 5) is 31.9. The molecule has 0 spiro atoms. The molecule has 0 atom stereocenters. The van der Waals surface area contributed by atoms with Gasteiger partial charge in [-0.15, -0.1) is 0 Å². The highest BCUT2D eigenvalue weighted by Gasteiger charge is 2.30. The lowest BCUT2D eigenvalue weighted by Crippen LogP contribution is -2.20. The van der Waals surface area contributed by atoms with Crippen LogP contribution < -0.4 is 10.3 Å². The predicted molar refractivity (Wildman–Crippen MR) is 117 cm³/mol. The number of halogens is 3. The SMILES string of the molecule is COc1ccc(-c2nc(SCC(=O)c3cc(C)n(CC(F)(F)F)c3C)[nH]c(=O)c2C#N)cc1. The third-order valence-electron chi connectivity index (χ3n) is 4.92. The van der Waals surface area contributed by atoms with Gasteiger partial charge in [-0.25, -0.2) is 4.98 Å². The molecule has 0 bridgehead atoms. The Hall–Kier alpha value is -3.52. The molecule has 3 aromatic rings. The third kappa shape index (κ3) is 5.46. The maximum Gasteiger partial charge on any atom is 0.406 e. The van der Waals surface area contributed by atoms with Gasteiger partial charge < -0.3 is 14.3 Å². The van der Waals surface area contributed by atoms with Crippen molar-refractivity contribution in [1.82, 2.24) is 14.5 Å². The summed E-state index contributed by atoms with van der Waals surface area (Å²) < 4.78 is 44.6. The van der Waals surface area contributed by atoms with Crippen molar-refractivity contribution in [3.05, 3.63) is 63.2 Å². The zero-order valence-corrected chi connectivity index (χ0v) is 18.7. The van der Waals surface area contributed by atoms with Gasteiger partial charge in [-0.05, 0) is 44.2 Å². The first-order valence-corrected chi connectivity index (χ1v) is 10.6. The summed E-state index contributed by atoms with van der Waals surface area (Å²) in [7, 11) is 1.51. The van der Waals surface area contributed by atoms with Crippen LogP contribution in [-0.4, -0.2) is 39.4 Å². The fourth-order valence-corrected chi connectivity index (χ4v) is 4.04.